The minimum Gasteiger partial charge on any atom is -0.388 e. The number of hydrogen-bond acceptors (Lipinski definition) is 2. The minimum absolute atomic E-state index is 0.0672. The van der Waals surface area contributed by atoms with Crippen LogP contribution in [0.1, 0.15) is 23.1 Å². The Hall–Kier alpha value is -0.820. The lowest BCUT2D eigenvalue weighted by atomic mass is 9.89. The molecule has 0 amide bonds. The van der Waals surface area contributed by atoms with Crippen LogP contribution < -0.4 is 5.73 Å². The van der Waals surface area contributed by atoms with Crippen LogP contribution in [-0.4, -0.2) is 11.7 Å². The number of rotatable bonds is 4. The molecule has 6 heteroatoms. The van der Waals surface area contributed by atoms with Crippen molar-refractivity contribution in [2.75, 3.05) is 6.54 Å². The van der Waals surface area contributed by atoms with Crippen molar-refractivity contribution in [3.8, 4) is 0 Å². The van der Waals surface area contributed by atoms with Crippen molar-refractivity contribution < 1.29 is 13.9 Å². The van der Waals surface area contributed by atoms with E-state index in [1.54, 1.807) is 24.3 Å². The summed E-state index contributed by atoms with van der Waals surface area (Å²) in [5.74, 6) is -2.20. The van der Waals surface area contributed by atoms with Crippen LogP contribution >= 0.6 is 31.9 Å². The van der Waals surface area contributed by atoms with E-state index in [0.29, 0.717) is 0 Å². The maximum absolute atomic E-state index is 14.0. The van der Waals surface area contributed by atoms with Gasteiger partial charge in [-0.25, -0.2) is 8.78 Å². The third-order valence-electron chi connectivity index (χ3n) is 3.27. The van der Waals surface area contributed by atoms with Crippen LogP contribution in [0, 0.1) is 11.6 Å². The summed E-state index contributed by atoms with van der Waals surface area (Å²) in [6.45, 7) is 0.0672. The zero-order valence-electron chi connectivity index (χ0n) is 10.9. The van der Waals surface area contributed by atoms with Crippen LogP contribution in [0.2, 0.25) is 0 Å². The van der Waals surface area contributed by atoms with Crippen LogP contribution in [0.25, 0.3) is 0 Å². The summed E-state index contributed by atoms with van der Waals surface area (Å²) in [6.07, 6.45) is -1.36. The Kier molecular flexibility index (Phi) is 5.48. The number of aliphatic hydroxyl groups excluding tert-OH is 1. The SMILES string of the molecule is NCC(c1ccc(Br)cc1)C(O)c1c(F)cc(Br)cc1F. The second kappa shape index (κ2) is 6.96. The first-order valence-electron chi connectivity index (χ1n) is 6.22. The first-order chi connectivity index (χ1) is 9.93. The normalized spacial score (nSPS) is 14.0. The molecule has 0 aromatic heterocycles. The zero-order chi connectivity index (χ0) is 15.6. The van der Waals surface area contributed by atoms with E-state index < -0.39 is 23.7 Å². The number of nitrogens with two attached hydrogens (primary N) is 1. The van der Waals surface area contributed by atoms with E-state index in [9.17, 15) is 13.9 Å². The smallest absolute Gasteiger partial charge is 0.133 e. The van der Waals surface area contributed by atoms with Gasteiger partial charge in [0.2, 0.25) is 0 Å². The first kappa shape index (κ1) is 16.5. The molecule has 0 saturated carbocycles. The standard InChI is InChI=1S/C15H13Br2F2NO/c16-9-3-1-8(2-4-9)11(7-20)15(21)14-12(18)5-10(17)6-13(14)19/h1-6,11,15,21H,7,20H2. The second-order valence-corrected chi connectivity index (χ2v) is 6.45. The van der Waals surface area contributed by atoms with Gasteiger partial charge in [0.15, 0.2) is 0 Å². The average Bonchev–Trinajstić information content (AvgIpc) is 2.40. The molecule has 2 unspecified atom stereocenters. The van der Waals surface area contributed by atoms with E-state index in [1.807, 2.05) is 0 Å². The van der Waals surface area contributed by atoms with Crippen molar-refractivity contribution in [3.05, 3.63) is 68.1 Å². The van der Waals surface area contributed by atoms with Crippen molar-refractivity contribution in [2.45, 2.75) is 12.0 Å². The molecule has 2 aromatic rings. The predicted molar refractivity (Wildman–Crippen MR) is 85.0 cm³/mol. The summed E-state index contributed by atoms with van der Waals surface area (Å²) in [5.41, 5.74) is 6.04. The van der Waals surface area contributed by atoms with E-state index in [2.05, 4.69) is 31.9 Å². The third kappa shape index (κ3) is 3.69. The summed E-state index contributed by atoms with van der Waals surface area (Å²) >= 11 is 6.32. The molecule has 0 saturated heterocycles. The van der Waals surface area contributed by atoms with Crippen LogP contribution in [0.15, 0.2) is 45.3 Å². The predicted octanol–water partition coefficient (Wildman–Crippen LogP) is 4.27. The topological polar surface area (TPSA) is 46.2 Å². The maximum Gasteiger partial charge on any atom is 0.133 e. The van der Waals surface area contributed by atoms with Crippen molar-refractivity contribution in [1.29, 1.82) is 0 Å². The number of hydrogen-bond donors (Lipinski definition) is 2. The van der Waals surface area contributed by atoms with Gasteiger partial charge in [-0.15, -0.1) is 0 Å². The Balaban J connectivity index is 2.41. The Morgan fingerprint density at radius 2 is 1.52 bits per heavy atom. The van der Waals surface area contributed by atoms with E-state index in [1.165, 1.54) is 0 Å². The molecule has 0 heterocycles. The van der Waals surface area contributed by atoms with Gasteiger partial charge in [-0.3, -0.25) is 0 Å². The summed E-state index contributed by atoms with van der Waals surface area (Å²) in [6, 6.07) is 9.35. The number of halogens is 4. The molecule has 0 fully saturated rings. The summed E-state index contributed by atoms with van der Waals surface area (Å²) in [4.78, 5) is 0. The molecule has 0 bridgehead atoms. The van der Waals surface area contributed by atoms with E-state index in [4.69, 9.17) is 5.73 Å². The third-order valence-corrected chi connectivity index (χ3v) is 4.26. The summed E-state index contributed by atoms with van der Waals surface area (Å²) < 4.78 is 29.1. The van der Waals surface area contributed by atoms with Gasteiger partial charge in [-0.2, -0.15) is 0 Å². The number of benzene rings is 2. The fourth-order valence-corrected chi connectivity index (χ4v) is 2.86. The number of aliphatic hydroxyl groups is 1. The Bertz CT molecular complexity index is 611. The molecule has 0 spiro atoms. The highest BCUT2D eigenvalue weighted by atomic mass is 79.9. The fraction of sp³-hybridized carbons (Fsp3) is 0.200. The highest BCUT2D eigenvalue weighted by Crippen LogP contribution is 2.34. The van der Waals surface area contributed by atoms with Gasteiger partial charge in [0, 0.05) is 21.4 Å². The Morgan fingerprint density at radius 3 is 2.00 bits per heavy atom. The average molecular weight is 421 g/mol. The highest BCUT2D eigenvalue weighted by Gasteiger charge is 2.27. The lowest BCUT2D eigenvalue weighted by Crippen LogP contribution is -2.22. The molecule has 0 aliphatic rings. The Morgan fingerprint density at radius 1 is 1.00 bits per heavy atom. The molecular formula is C15H13Br2F2NO. The van der Waals surface area contributed by atoms with Crippen molar-refractivity contribution in [1.82, 2.24) is 0 Å². The molecule has 21 heavy (non-hydrogen) atoms. The van der Waals surface area contributed by atoms with Crippen molar-refractivity contribution >= 4 is 31.9 Å². The van der Waals surface area contributed by atoms with Gasteiger partial charge in [0.05, 0.1) is 11.7 Å². The van der Waals surface area contributed by atoms with Crippen molar-refractivity contribution in [3.63, 3.8) is 0 Å². The molecule has 2 aromatic carbocycles. The lowest BCUT2D eigenvalue weighted by Gasteiger charge is -2.23. The summed E-state index contributed by atoms with van der Waals surface area (Å²) in [7, 11) is 0. The van der Waals surface area contributed by atoms with E-state index >= 15 is 0 Å². The molecule has 3 N–H and O–H groups in total. The minimum atomic E-state index is -1.36. The molecule has 0 radical (unpaired) electrons. The molecule has 2 rings (SSSR count). The summed E-state index contributed by atoms with van der Waals surface area (Å²) in [5, 5.41) is 10.4. The van der Waals surface area contributed by atoms with Crippen LogP contribution in [0.4, 0.5) is 8.78 Å². The monoisotopic (exact) mass is 419 g/mol. The molecule has 2 atom stereocenters. The largest absolute Gasteiger partial charge is 0.388 e. The van der Waals surface area contributed by atoms with Crippen LogP contribution in [0.5, 0.6) is 0 Å². The van der Waals surface area contributed by atoms with Crippen LogP contribution in [0.3, 0.4) is 0 Å². The molecule has 0 aliphatic heterocycles. The first-order valence-corrected chi connectivity index (χ1v) is 7.80. The zero-order valence-corrected chi connectivity index (χ0v) is 14.0. The van der Waals surface area contributed by atoms with Crippen molar-refractivity contribution in [2.24, 2.45) is 5.73 Å². The quantitative estimate of drug-likeness (QED) is 0.775. The van der Waals surface area contributed by atoms with Gasteiger partial charge >= 0.3 is 0 Å². The lowest BCUT2D eigenvalue weighted by molar-refractivity contribution is 0.138. The molecule has 2 nitrogen and oxygen atoms in total. The maximum atomic E-state index is 14.0. The van der Waals surface area contributed by atoms with Gasteiger partial charge in [0.25, 0.3) is 0 Å². The van der Waals surface area contributed by atoms with E-state index in [-0.39, 0.29) is 16.6 Å². The highest BCUT2D eigenvalue weighted by molar-refractivity contribution is 9.10. The second-order valence-electron chi connectivity index (χ2n) is 4.62. The van der Waals surface area contributed by atoms with Gasteiger partial charge in [-0.05, 0) is 29.8 Å². The fourth-order valence-electron chi connectivity index (χ4n) is 2.19. The van der Waals surface area contributed by atoms with Crippen LogP contribution in [-0.2, 0) is 0 Å². The molecular weight excluding hydrogens is 408 g/mol. The van der Waals surface area contributed by atoms with Gasteiger partial charge < -0.3 is 10.8 Å². The molecule has 0 aliphatic carbocycles. The molecule has 112 valence electrons. The van der Waals surface area contributed by atoms with E-state index in [0.717, 1.165) is 22.2 Å². The van der Waals surface area contributed by atoms with Gasteiger partial charge in [0.1, 0.15) is 11.6 Å². The Labute approximate surface area is 138 Å². The van der Waals surface area contributed by atoms with Gasteiger partial charge in [-0.1, -0.05) is 44.0 Å².